The number of furan rings is 1. The molecule has 7 heteroatoms. The van der Waals surface area contributed by atoms with Crippen molar-refractivity contribution in [3.8, 4) is 10.6 Å². The van der Waals surface area contributed by atoms with Gasteiger partial charge < -0.3 is 14.8 Å². The maximum absolute atomic E-state index is 12.2. The minimum Gasteiger partial charge on any atom is -0.480 e. The number of carbonyl (C=O) groups excluding carboxylic acids is 1. The number of thiazole rings is 1. The highest BCUT2D eigenvalue weighted by Crippen LogP contribution is 2.24. The number of nitrogens with one attached hydrogen (secondary N) is 1. The van der Waals surface area contributed by atoms with E-state index in [9.17, 15) is 14.7 Å². The molecule has 1 amide bonds. The zero-order chi connectivity index (χ0) is 15.5. The Hall–Kier alpha value is -2.15. The molecule has 2 aromatic rings. The van der Waals surface area contributed by atoms with Crippen molar-refractivity contribution in [1.82, 2.24) is 10.3 Å². The van der Waals surface area contributed by atoms with Gasteiger partial charge in [0.25, 0.3) is 5.91 Å². The van der Waals surface area contributed by atoms with Crippen LogP contribution in [0.15, 0.2) is 28.4 Å². The quantitative estimate of drug-likeness (QED) is 0.856. The lowest BCUT2D eigenvalue weighted by Gasteiger charge is -2.25. The molecule has 0 aliphatic carbocycles. The van der Waals surface area contributed by atoms with Gasteiger partial charge in [-0.2, -0.15) is 0 Å². The second-order valence-corrected chi connectivity index (χ2v) is 5.75. The van der Waals surface area contributed by atoms with Crippen LogP contribution in [0.3, 0.4) is 0 Å². The molecule has 0 saturated carbocycles. The van der Waals surface area contributed by atoms with Gasteiger partial charge in [0.1, 0.15) is 22.5 Å². The van der Waals surface area contributed by atoms with Crippen LogP contribution < -0.4 is 5.32 Å². The van der Waals surface area contributed by atoms with E-state index in [2.05, 4.69) is 10.3 Å². The maximum atomic E-state index is 12.2. The van der Waals surface area contributed by atoms with Crippen molar-refractivity contribution in [2.24, 2.45) is 0 Å². The summed E-state index contributed by atoms with van der Waals surface area (Å²) >= 11 is 1.30. The molecule has 112 valence electrons. The Bertz CT molecular complexity index is 635. The van der Waals surface area contributed by atoms with E-state index in [-0.39, 0.29) is 5.69 Å². The second kappa shape index (κ2) is 6.09. The molecule has 0 aliphatic heterocycles. The molecule has 2 aromatic heterocycles. The number of amides is 1. The first-order valence-corrected chi connectivity index (χ1v) is 7.38. The van der Waals surface area contributed by atoms with Crippen LogP contribution in [-0.2, 0) is 4.79 Å². The van der Waals surface area contributed by atoms with Crippen LogP contribution in [0.4, 0.5) is 0 Å². The number of rotatable bonds is 6. The zero-order valence-electron chi connectivity index (χ0n) is 11.8. The van der Waals surface area contributed by atoms with Gasteiger partial charge >= 0.3 is 5.97 Å². The highest BCUT2D eigenvalue weighted by Gasteiger charge is 2.34. The molecule has 2 N–H and O–H groups in total. The molecule has 2 rings (SSSR count). The van der Waals surface area contributed by atoms with E-state index in [1.54, 1.807) is 17.7 Å². The van der Waals surface area contributed by atoms with Gasteiger partial charge in [0, 0.05) is 10.9 Å². The van der Waals surface area contributed by atoms with Crippen molar-refractivity contribution >= 4 is 23.2 Å². The molecule has 0 fully saturated rings. The predicted molar refractivity (Wildman–Crippen MR) is 78.2 cm³/mol. The number of aromatic nitrogens is 1. The van der Waals surface area contributed by atoms with Crippen molar-refractivity contribution in [2.75, 3.05) is 0 Å². The van der Waals surface area contributed by atoms with Gasteiger partial charge in [0.2, 0.25) is 0 Å². The minimum absolute atomic E-state index is 0.208. The average Bonchev–Trinajstić information content (AvgIpc) is 3.09. The van der Waals surface area contributed by atoms with E-state index >= 15 is 0 Å². The first-order valence-electron chi connectivity index (χ1n) is 6.50. The largest absolute Gasteiger partial charge is 0.480 e. The lowest BCUT2D eigenvalue weighted by atomic mass is 9.96. The van der Waals surface area contributed by atoms with Crippen molar-refractivity contribution in [2.45, 2.75) is 32.2 Å². The molecular formula is C14H16N2O4S. The Balaban J connectivity index is 2.15. The third-order valence-corrected chi connectivity index (χ3v) is 4.01. The van der Waals surface area contributed by atoms with Crippen LogP contribution in [0.2, 0.25) is 0 Å². The number of hydrogen-bond donors (Lipinski definition) is 2. The van der Waals surface area contributed by atoms with Crippen LogP contribution in [0.25, 0.3) is 10.6 Å². The van der Waals surface area contributed by atoms with E-state index in [0.29, 0.717) is 17.8 Å². The Morgan fingerprint density at radius 2 is 2.29 bits per heavy atom. The summed E-state index contributed by atoms with van der Waals surface area (Å²) in [5.74, 6) is -1.54. The number of hydrogen-bond acceptors (Lipinski definition) is 5. The third kappa shape index (κ3) is 3.30. The van der Waals surface area contributed by atoms with Gasteiger partial charge in [-0.15, -0.1) is 11.3 Å². The number of carboxylic acids is 1. The highest BCUT2D eigenvalue weighted by atomic mass is 32.1. The fourth-order valence-electron chi connectivity index (χ4n) is 1.93. The summed E-state index contributed by atoms with van der Waals surface area (Å²) in [6, 6.07) is 1.75. The van der Waals surface area contributed by atoms with Crippen LogP contribution in [-0.4, -0.2) is 27.5 Å². The third-order valence-electron chi connectivity index (χ3n) is 3.12. The molecule has 0 aromatic carbocycles. The summed E-state index contributed by atoms with van der Waals surface area (Å²) in [7, 11) is 0. The smallest absolute Gasteiger partial charge is 0.329 e. The monoisotopic (exact) mass is 308 g/mol. The Labute approximate surface area is 125 Å². The molecule has 6 nitrogen and oxygen atoms in total. The standard InChI is InChI=1S/C14H16N2O4S/c1-3-5-14(2,13(18)19)16-11(17)10-8-21-12(15-10)9-4-6-20-7-9/h4,6-8H,3,5H2,1-2H3,(H,16,17)(H,18,19). The first-order chi connectivity index (χ1) is 9.96. The maximum Gasteiger partial charge on any atom is 0.329 e. The molecule has 21 heavy (non-hydrogen) atoms. The van der Waals surface area contributed by atoms with Gasteiger partial charge in [0.15, 0.2) is 0 Å². The average molecular weight is 308 g/mol. The van der Waals surface area contributed by atoms with Crippen molar-refractivity contribution in [3.05, 3.63) is 29.7 Å². The number of carboxylic acid groups (broad SMARTS) is 1. The summed E-state index contributed by atoms with van der Waals surface area (Å²) in [5, 5.41) is 14.1. The fourth-order valence-corrected chi connectivity index (χ4v) is 2.72. The SMILES string of the molecule is CCCC(C)(NC(=O)c1csc(-c2ccoc2)n1)C(=O)O. The fraction of sp³-hybridized carbons (Fsp3) is 0.357. The molecule has 0 bridgehead atoms. The second-order valence-electron chi connectivity index (χ2n) is 4.89. The van der Waals surface area contributed by atoms with Crippen molar-refractivity contribution < 1.29 is 19.1 Å². The summed E-state index contributed by atoms with van der Waals surface area (Å²) in [6.45, 7) is 3.37. The Morgan fingerprint density at radius 1 is 1.52 bits per heavy atom. The minimum atomic E-state index is -1.29. The van der Waals surface area contributed by atoms with Gasteiger partial charge in [-0.3, -0.25) is 4.79 Å². The zero-order valence-corrected chi connectivity index (χ0v) is 12.6. The Kier molecular flexibility index (Phi) is 4.42. The molecule has 1 atom stereocenters. The summed E-state index contributed by atoms with van der Waals surface area (Å²) < 4.78 is 4.97. The summed E-state index contributed by atoms with van der Waals surface area (Å²) in [6.07, 6.45) is 4.07. The van der Waals surface area contributed by atoms with Crippen LogP contribution in [0, 0.1) is 0 Å². The van der Waals surface area contributed by atoms with E-state index in [1.807, 2.05) is 6.92 Å². The van der Waals surface area contributed by atoms with Crippen molar-refractivity contribution in [1.29, 1.82) is 0 Å². The summed E-state index contributed by atoms with van der Waals surface area (Å²) in [5.41, 5.74) is -0.293. The molecular weight excluding hydrogens is 292 g/mol. The number of aliphatic carboxylic acids is 1. The van der Waals surface area contributed by atoms with Crippen LogP contribution >= 0.6 is 11.3 Å². The van der Waals surface area contributed by atoms with Crippen molar-refractivity contribution in [3.63, 3.8) is 0 Å². The topological polar surface area (TPSA) is 92.4 Å². The lowest BCUT2D eigenvalue weighted by Crippen LogP contribution is -2.52. The van der Waals surface area contributed by atoms with E-state index < -0.39 is 17.4 Å². The highest BCUT2D eigenvalue weighted by molar-refractivity contribution is 7.13. The lowest BCUT2D eigenvalue weighted by molar-refractivity contribution is -0.144. The van der Waals surface area contributed by atoms with Crippen LogP contribution in [0.1, 0.15) is 37.2 Å². The molecule has 2 heterocycles. The number of nitrogens with zero attached hydrogens (tertiary/aromatic N) is 1. The Morgan fingerprint density at radius 3 is 2.86 bits per heavy atom. The molecule has 0 saturated heterocycles. The van der Waals surface area contributed by atoms with Gasteiger partial charge in [-0.25, -0.2) is 9.78 Å². The van der Waals surface area contributed by atoms with E-state index in [0.717, 1.165) is 5.56 Å². The molecule has 0 aliphatic rings. The van der Waals surface area contributed by atoms with E-state index in [1.165, 1.54) is 24.5 Å². The predicted octanol–water partition coefficient (Wildman–Crippen LogP) is 2.78. The van der Waals surface area contributed by atoms with Crippen LogP contribution in [0.5, 0.6) is 0 Å². The molecule has 0 radical (unpaired) electrons. The van der Waals surface area contributed by atoms with Gasteiger partial charge in [-0.1, -0.05) is 13.3 Å². The van der Waals surface area contributed by atoms with Gasteiger partial charge in [0.05, 0.1) is 6.26 Å². The number of carbonyl (C=O) groups is 2. The molecule has 1 unspecified atom stereocenters. The molecule has 0 spiro atoms. The first kappa shape index (κ1) is 15.2. The normalized spacial score (nSPS) is 13.6. The summed E-state index contributed by atoms with van der Waals surface area (Å²) in [4.78, 5) is 27.7. The van der Waals surface area contributed by atoms with E-state index in [4.69, 9.17) is 4.42 Å². The van der Waals surface area contributed by atoms with Gasteiger partial charge in [-0.05, 0) is 19.4 Å².